The molecule has 8 heteroatoms. The molecular weight excluding hydrogens is 436 g/mol. The standard InChI is InChI=1S/C23H23ClN2O4S/c1-4-14-26(22-11-6-5-10-21(22)24)31(28,29)20-9-7-8-18(15-20)23(27)25(3)16-19-13-12-17(2)30-19/h4-13,15H,1,14,16H2,2-3H3. The Balaban J connectivity index is 1.92. The number of para-hydroxylation sites is 1. The summed E-state index contributed by atoms with van der Waals surface area (Å²) in [6.45, 7) is 5.78. The largest absolute Gasteiger partial charge is 0.464 e. The fourth-order valence-corrected chi connectivity index (χ4v) is 4.90. The maximum Gasteiger partial charge on any atom is 0.264 e. The lowest BCUT2D eigenvalue weighted by molar-refractivity contribution is 0.0774. The van der Waals surface area contributed by atoms with Gasteiger partial charge in [-0.1, -0.05) is 35.9 Å². The van der Waals surface area contributed by atoms with Crippen molar-refractivity contribution in [1.29, 1.82) is 0 Å². The fourth-order valence-electron chi connectivity index (χ4n) is 3.11. The molecule has 3 rings (SSSR count). The van der Waals surface area contributed by atoms with E-state index < -0.39 is 10.0 Å². The molecule has 0 bridgehead atoms. The van der Waals surface area contributed by atoms with Gasteiger partial charge in [-0.05, 0) is 49.4 Å². The summed E-state index contributed by atoms with van der Waals surface area (Å²) in [5.74, 6) is 1.08. The summed E-state index contributed by atoms with van der Waals surface area (Å²) >= 11 is 6.24. The first-order valence-electron chi connectivity index (χ1n) is 9.53. The lowest BCUT2D eigenvalue weighted by Crippen LogP contribution is -2.32. The molecule has 0 unspecified atom stereocenters. The summed E-state index contributed by atoms with van der Waals surface area (Å²) in [5, 5.41) is 0.300. The van der Waals surface area contributed by atoms with Gasteiger partial charge >= 0.3 is 0 Å². The van der Waals surface area contributed by atoms with Gasteiger partial charge in [0.25, 0.3) is 15.9 Å². The number of sulfonamides is 1. The molecule has 1 heterocycles. The van der Waals surface area contributed by atoms with Crippen LogP contribution in [0.2, 0.25) is 5.02 Å². The number of hydrogen-bond acceptors (Lipinski definition) is 4. The first kappa shape index (κ1) is 22.7. The number of carbonyl (C=O) groups excluding carboxylic acids is 1. The van der Waals surface area contributed by atoms with Crippen molar-refractivity contribution in [2.75, 3.05) is 17.9 Å². The molecule has 0 radical (unpaired) electrons. The van der Waals surface area contributed by atoms with E-state index in [1.807, 2.05) is 13.0 Å². The van der Waals surface area contributed by atoms with Crippen molar-refractivity contribution < 1.29 is 17.6 Å². The molecule has 162 valence electrons. The molecule has 0 N–H and O–H groups in total. The van der Waals surface area contributed by atoms with E-state index in [4.69, 9.17) is 16.0 Å². The van der Waals surface area contributed by atoms with Gasteiger partial charge in [0.15, 0.2) is 0 Å². The van der Waals surface area contributed by atoms with Crippen molar-refractivity contribution in [3.8, 4) is 0 Å². The monoisotopic (exact) mass is 458 g/mol. The molecule has 31 heavy (non-hydrogen) atoms. The maximum absolute atomic E-state index is 13.4. The molecular formula is C23H23ClN2O4S. The van der Waals surface area contributed by atoms with Gasteiger partial charge in [0.05, 0.1) is 28.7 Å². The van der Waals surface area contributed by atoms with Crippen molar-refractivity contribution >= 4 is 33.2 Å². The van der Waals surface area contributed by atoms with Crippen molar-refractivity contribution in [3.05, 3.63) is 95.4 Å². The number of anilines is 1. The Morgan fingerprint density at radius 3 is 2.52 bits per heavy atom. The Morgan fingerprint density at radius 1 is 1.13 bits per heavy atom. The molecule has 1 amide bonds. The van der Waals surface area contributed by atoms with E-state index in [0.29, 0.717) is 16.5 Å². The molecule has 3 aromatic rings. The second kappa shape index (κ2) is 9.41. The summed E-state index contributed by atoms with van der Waals surface area (Å²) in [4.78, 5) is 14.4. The lowest BCUT2D eigenvalue weighted by atomic mass is 10.2. The summed E-state index contributed by atoms with van der Waals surface area (Å²) in [6.07, 6.45) is 1.48. The van der Waals surface area contributed by atoms with Crippen molar-refractivity contribution in [1.82, 2.24) is 4.90 Å². The number of aryl methyl sites for hydroxylation is 1. The minimum absolute atomic E-state index is 0.0117. The number of benzene rings is 2. The second-order valence-electron chi connectivity index (χ2n) is 6.98. The summed E-state index contributed by atoms with van der Waals surface area (Å²) in [7, 11) is -2.35. The lowest BCUT2D eigenvalue weighted by Gasteiger charge is -2.24. The third-order valence-corrected chi connectivity index (χ3v) is 6.72. The zero-order chi connectivity index (χ0) is 22.6. The van der Waals surface area contributed by atoms with Crippen LogP contribution in [0.1, 0.15) is 21.9 Å². The Labute approximate surface area is 187 Å². The fraction of sp³-hybridized carbons (Fsp3) is 0.174. The van der Waals surface area contributed by atoms with Gasteiger partial charge in [0, 0.05) is 12.6 Å². The summed E-state index contributed by atoms with van der Waals surface area (Å²) in [6, 6.07) is 16.2. The number of carbonyl (C=O) groups is 1. The van der Waals surface area contributed by atoms with Gasteiger partial charge in [-0.15, -0.1) is 6.58 Å². The van der Waals surface area contributed by atoms with Gasteiger partial charge in [-0.25, -0.2) is 8.42 Å². The first-order valence-corrected chi connectivity index (χ1v) is 11.3. The molecule has 6 nitrogen and oxygen atoms in total. The Bertz CT molecular complexity index is 1200. The highest BCUT2D eigenvalue weighted by molar-refractivity contribution is 7.92. The van der Waals surface area contributed by atoms with Crippen LogP contribution in [0, 0.1) is 6.92 Å². The van der Waals surface area contributed by atoms with Gasteiger partial charge < -0.3 is 9.32 Å². The van der Waals surface area contributed by atoms with Crippen LogP contribution in [0.15, 0.2) is 82.6 Å². The zero-order valence-corrected chi connectivity index (χ0v) is 18.9. The molecule has 0 aliphatic rings. The number of rotatable bonds is 8. The van der Waals surface area contributed by atoms with E-state index in [-0.39, 0.29) is 29.5 Å². The molecule has 0 fully saturated rings. The third kappa shape index (κ3) is 5.00. The van der Waals surface area contributed by atoms with Crippen molar-refractivity contribution in [3.63, 3.8) is 0 Å². The highest BCUT2D eigenvalue weighted by atomic mass is 35.5. The normalized spacial score (nSPS) is 11.2. The molecule has 0 saturated carbocycles. The van der Waals surface area contributed by atoms with Crippen LogP contribution in [0.3, 0.4) is 0 Å². The van der Waals surface area contributed by atoms with Crippen molar-refractivity contribution in [2.45, 2.75) is 18.4 Å². The predicted molar refractivity (Wildman–Crippen MR) is 122 cm³/mol. The molecule has 0 atom stereocenters. The summed E-state index contributed by atoms with van der Waals surface area (Å²) < 4.78 is 33.5. The van der Waals surface area contributed by atoms with Crippen LogP contribution in [0.4, 0.5) is 5.69 Å². The second-order valence-corrected chi connectivity index (χ2v) is 9.25. The van der Waals surface area contributed by atoms with Gasteiger partial charge in [0.1, 0.15) is 11.5 Å². The van der Waals surface area contributed by atoms with E-state index in [0.717, 1.165) is 5.76 Å². The molecule has 0 aliphatic heterocycles. The molecule has 0 spiro atoms. The van der Waals surface area contributed by atoms with E-state index >= 15 is 0 Å². The van der Waals surface area contributed by atoms with Crippen LogP contribution in [0.25, 0.3) is 0 Å². The number of hydrogen-bond donors (Lipinski definition) is 0. The molecule has 0 aliphatic carbocycles. The average Bonchev–Trinajstić information content (AvgIpc) is 3.16. The highest BCUT2D eigenvalue weighted by Gasteiger charge is 2.27. The smallest absolute Gasteiger partial charge is 0.264 e. The first-order chi connectivity index (χ1) is 14.7. The Morgan fingerprint density at radius 2 is 1.87 bits per heavy atom. The number of nitrogens with zero attached hydrogens (tertiary/aromatic N) is 2. The van der Waals surface area contributed by atoms with Crippen LogP contribution < -0.4 is 4.31 Å². The van der Waals surface area contributed by atoms with Gasteiger partial charge in [0.2, 0.25) is 0 Å². The summed E-state index contributed by atoms with van der Waals surface area (Å²) in [5.41, 5.74) is 0.593. The van der Waals surface area contributed by atoms with Gasteiger partial charge in [-0.2, -0.15) is 0 Å². The van der Waals surface area contributed by atoms with E-state index in [2.05, 4.69) is 6.58 Å². The number of halogens is 1. The Kier molecular flexibility index (Phi) is 6.87. The topological polar surface area (TPSA) is 70.8 Å². The number of amides is 1. The molecule has 2 aromatic carbocycles. The Hall–Kier alpha value is -3.03. The van der Waals surface area contributed by atoms with Crippen molar-refractivity contribution in [2.24, 2.45) is 0 Å². The highest BCUT2D eigenvalue weighted by Crippen LogP contribution is 2.30. The van der Waals surface area contributed by atoms with Gasteiger partial charge in [-0.3, -0.25) is 9.10 Å². The quantitative estimate of drug-likeness (QED) is 0.450. The minimum Gasteiger partial charge on any atom is -0.464 e. The third-order valence-electron chi connectivity index (χ3n) is 4.62. The van der Waals surface area contributed by atoms with E-state index in [1.165, 1.54) is 27.4 Å². The van der Waals surface area contributed by atoms with Crippen LogP contribution >= 0.6 is 11.6 Å². The zero-order valence-electron chi connectivity index (χ0n) is 17.3. The maximum atomic E-state index is 13.4. The van der Waals surface area contributed by atoms with E-state index in [9.17, 15) is 13.2 Å². The molecule has 0 saturated heterocycles. The van der Waals surface area contributed by atoms with Crippen LogP contribution in [-0.2, 0) is 16.6 Å². The van der Waals surface area contributed by atoms with Crippen LogP contribution in [0.5, 0.6) is 0 Å². The molecule has 1 aromatic heterocycles. The van der Waals surface area contributed by atoms with Crippen LogP contribution in [-0.4, -0.2) is 32.8 Å². The van der Waals surface area contributed by atoms with E-state index in [1.54, 1.807) is 49.5 Å². The average molecular weight is 459 g/mol. The number of furan rings is 1. The minimum atomic E-state index is -3.99. The predicted octanol–water partition coefficient (Wildman–Crippen LogP) is 4.89. The SMILES string of the molecule is C=CCN(c1ccccc1Cl)S(=O)(=O)c1cccc(C(=O)N(C)Cc2ccc(C)o2)c1.